The molecule has 1 spiro atoms. The summed E-state index contributed by atoms with van der Waals surface area (Å²) in [6.45, 7) is 4.29. The van der Waals surface area contributed by atoms with Crippen molar-refractivity contribution in [2.24, 2.45) is 11.3 Å². The number of aliphatic hydroxyl groups is 1. The molecule has 26 heavy (non-hydrogen) atoms. The number of nitrogens with zero attached hydrogens (tertiary/aromatic N) is 1. The summed E-state index contributed by atoms with van der Waals surface area (Å²) >= 11 is 0. The standard InChI is InChI=1S/C21H27F2NO2/c1-19(26)9-16(10-19)18(25)24-12-21(13-24)7-6-15(11-21)14-4-3-5-17(8-14)20(2,22)23/h3-5,8,15-16,26H,6-7,9-13H2,1-2H3/t15-,16?,19?/m1/s1. The fraction of sp³-hybridized carbons (Fsp3) is 0.667. The number of likely N-dealkylation sites (tertiary alicyclic amines) is 1. The van der Waals surface area contributed by atoms with Gasteiger partial charge in [0.2, 0.25) is 5.91 Å². The number of carbonyl (C=O) groups is 1. The Hall–Kier alpha value is -1.49. The Balaban J connectivity index is 1.36. The lowest BCUT2D eigenvalue weighted by Gasteiger charge is -2.52. The molecule has 3 aliphatic rings. The van der Waals surface area contributed by atoms with E-state index in [2.05, 4.69) is 0 Å². The first-order valence-corrected chi connectivity index (χ1v) is 9.56. The molecule has 2 saturated carbocycles. The molecule has 142 valence electrons. The Bertz CT molecular complexity index is 711. The molecule has 1 aromatic rings. The minimum absolute atomic E-state index is 0.0250. The minimum atomic E-state index is -2.81. The highest BCUT2D eigenvalue weighted by molar-refractivity contribution is 5.81. The van der Waals surface area contributed by atoms with E-state index >= 15 is 0 Å². The zero-order valence-electron chi connectivity index (χ0n) is 15.5. The molecule has 2 aliphatic carbocycles. The van der Waals surface area contributed by atoms with E-state index in [0.29, 0.717) is 18.8 Å². The molecule has 1 aromatic carbocycles. The van der Waals surface area contributed by atoms with Crippen molar-refractivity contribution in [1.82, 2.24) is 4.90 Å². The second kappa shape index (κ2) is 5.75. The van der Waals surface area contributed by atoms with Gasteiger partial charge in [-0.2, -0.15) is 0 Å². The molecule has 0 radical (unpaired) electrons. The van der Waals surface area contributed by atoms with Gasteiger partial charge in [-0.3, -0.25) is 4.79 Å². The van der Waals surface area contributed by atoms with E-state index in [1.165, 1.54) is 6.07 Å². The number of alkyl halides is 2. The van der Waals surface area contributed by atoms with E-state index in [1.807, 2.05) is 11.0 Å². The summed E-state index contributed by atoms with van der Waals surface area (Å²) in [5.74, 6) is -2.35. The Morgan fingerprint density at radius 1 is 1.27 bits per heavy atom. The van der Waals surface area contributed by atoms with Crippen LogP contribution in [0.1, 0.15) is 63.0 Å². The number of hydrogen-bond acceptors (Lipinski definition) is 2. The van der Waals surface area contributed by atoms with Crippen molar-refractivity contribution in [3.63, 3.8) is 0 Å². The lowest BCUT2D eigenvalue weighted by molar-refractivity contribution is -0.161. The van der Waals surface area contributed by atoms with Gasteiger partial charge >= 0.3 is 0 Å². The zero-order chi connectivity index (χ0) is 18.7. The van der Waals surface area contributed by atoms with Crippen LogP contribution in [0.25, 0.3) is 0 Å². The summed E-state index contributed by atoms with van der Waals surface area (Å²) in [5.41, 5.74) is 0.574. The number of carbonyl (C=O) groups excluding carboxylic acids is 1. The van der Waals surface area contributed by atoms with E-state index in [4.69, 9.17) is 0 Å². The molecule has 1 heterocycles. The Kier molecular flexibility index (Phi) is 3.96. The molecule has 4 rings (SSSR count). The SMILES string of the molecule is CC1(O)CC(C(=O)N2CC3(CC[C@@H](c4cccc(C(C)(F)F)c4)C3)C2)C1. The van der Waals surface area contributed by atoms with Gasteiger partial charge in [0.1, 0.15) is 0 Å². The Labute approximate surface area is 153 Å². The number of amides is 1. The zero-order valence-corrected chi connectivity index (χ0v) is 15.5. The molecule has 5 heteroatoms. The van der Waals surface area contributed by atoms with Crippen LogP contribution >= 0.6 is 0 Å². The van der Waals surface area contributed by atoms with Gasteiger partial charge in [0.25, 0.3) is 5.92 Å². The maximum Gasteiger partial charge on any atom is 0.270 e. The fourth-order valence-corrected chi connectivity index (χ4v) is 5.20. The van der Waals surface area contributed by atoms with Crippen LogP contribution in [0, 0.1) is 11.3 Å². The predicted octanol–water partition coefficient (Wildman–Crippen LogP) is 4.06. The maximum atomic E-state index is 13.6. The molecule has 0 bridgehead atoms. The largest absolute Gasteiger partial charge is 0.390 e. The van der Waals surface area contributed by atoms with Crippen LogP contribution in [0.4, 0.5) is 8.78 Å². The van der Waals surface area contributed by atoms with E-state index < -0.39 is 11.5 Å². The van der Waals surface area contributed by atoms with Crippen molar-refractivity contribution in [3.8, 4) is 0 Å². The predicted molar refractivity (Wildman–Crippen MR) is 95.0 cm³/mol. The van der Waals surface area contributed by atoms with E-state index in [0.717, 1.165) is 44.8 Å². The average Bonchev–Trinajstić information content (AvgIpc) is 2.95. The van der Waals surface area contributed by atoms with Gasteiger partial charge in [0, 0.05) is 36.9 Å². The van der Waals surface area contributed by atoms with Crippen molar-refractivity contribution in [2.75, 3.05) is 13.1 Å². The van der Waals surface area contributed by atoms with Crippen molar-refractivity contribution in [1.29, 1.82) is 0 Å². The smallest absolute Gasteiger partial charge is 0.270 e. The normalized spacial score (nSPS) is 33.0. The van der Waals surface area contributed by atoms with Crippen molar-refractivity contribution < 1.29 is 18.7 Å². The molecule has 1 atom stereocenters. The third-order valence-electron chi connectivity index (χ3n) is 6.65. The molecule has 3 nitrogen and oxygen atoms in total. The van der Waals surface area contributed by atoms with Gasteiger partial charge in [-0.1, -0.05) is 18.2 Å². The van der Waals surface area contributed by atoms with Crippen LogP contribution in [-0.4, -0.2) is 34.6 Å². The summed E-state index contributed by atoms with van der Waals surface area (Å²) in [6.07, 6.45) is 4.15. The van der Waals surface area contributed by atoms with Gasteiger partial charge in [-0.15, -0.1) is 0 Å². The van der Waals surface area contributed by atoms with Crippen molar-refractivity contribution in [3.05, 3.63) is 35.4 Å². The van der Waals surface area contributed by atoms with Crippen LogP contribution in [-0.2, 0) is 10.7 Å². The summed E-state index contributed by atoms with van der Waals surface area (Å²) in [4.78, 5) is 14.4. The van der Waals surface area contributed by atoms with Gasteiger partial charge in [0.05, 0.1) is 5.60 Å². The van der Waals surface area contributed by atoms with Gasteiger partial charge in [0.15, 0.2) is 0 Å². The Morgan fingerprint density at radius 2 is 1.96 bits per heavy atom. The van der Waals surface area contributed by atoms with Gasteiger partial charge < -0.3 is 10.0 Å². The molecular weight excluding hydrogens is 336 g/mol. The molecule has 1 amide bonds. The van der Waals surface area contributed by atoms with Crippen LogP contribution in [0.15, 0.2) is 24.3 Å². The topological polar surface area (TPSA) is 40.5 Å². The van der Waals surface area contributed by atoms with Crippen LogP contribution in [0.3, 0.4) is 0 Å². The summed E-state index contributed by atoms with van der Waals surface area (Å²) in [6, 6.07) is 6.83. The first-order chi connectivity index (χ1) is 12.1. The minimum Gasteiger partial charge on any atom is -0.390 e. The molecular formula is C21H27F2NO2. The fourth-order valence-electron chi connectivity index (χ4n) is 5.20. The first kappa shape index (κ1) is 17.9. The van der Waals surface area contributed by atoms with Gasteiger partial charge in [-0.25, -0.2) is 8.78 Å². The summed E-state index contributed by atoms with van der Waals surface area (Å²) < 4.78 is 27.2. The van der Waals surface area contributed by atoms with E-state index in [1.54, 1.807) is 19.1 Å². The number of rotatable bonds is 3. The number of benzene rings is 1. The summed E-state index contributed by atoms with van der Waals surface area (Å²) in [7, 11) is 0. The van der Waals surface area contributed by atoms with Crippen LogP contribution < -0.4 is 0 Å². The lowest BCUT2D eigenvalue weighted by atomic mass is 9.69. The molecule has 1 N–H and O–H groups in total. The quantitative estimate of drug-likeness (QED) is 0.880. The highest BCUT2D eigenvalue weighted by atomic mass is 19.3. The van der Waals surface area contributed by atoms with E-state index in [9.17, 15) is 18.7 Å². The van der Waals surface area contributed by atoms with Gasteiger partial charge in [-0.05, 0) is 56.6 Å². The monoisotopic (exact) mass is 363 g/mol. The number of halogens is 2. The second-order valence-electron chi connectivity index (χ2n) is 9.25. The molecule has 1 saturated heterocycles. The lowest BCUT2D eigenvalue weighted by Crippen LogP contribution is -2.61. The number of hydrogen-bond donors (Lipinski definition) is 1. The molecule has 3 fully saturated rings. The second-order valence-corrected chi connectivity index (χ2v) is 9.25. The van der Waals surface area contributed by atoms with Crippen molar-refractivity contribution in [2.45, 2.75) is 63.4 Å². The third kappa shape index (κ3) is 3.15. The van der Waals surface area contributed by atoms with Crippen LogP contribution in [0.5, 0.6) is 0 Å². The highest BCUT2D eigenvalue weighted by Gasteiger charge is 2.53. The van der Waals surface area contributed by atoms with E-state index in [-0.39, 0.29) is 22.8 Å². The average molecular weight is 363 g/mol. The molecule has 0 aromatic heterocycles. The molecule has 1 aliphatic heterocycles. The Morgan fingerprint density at radius 3 is 2.58 bits per heavy atom. The van der Waals surface area contributed by atoms with Crippen molar-refractivity contribution >= 4 is 5.91 Å². The summed E-state index contributed by atoms with van der Waals surface area (Å²) in [5, 5.41) is 9.83. The molecule has 0 unspecified atom stereocenters. The third-order valence-corrected chi connectivity index (χ3v) is 6.65. The first-order valence-electron chi connectivity index (χ1n) is 9.56. The maximum absolute atomic E-state index is 13.6. The highest BCUT2D eigenvalue weighted by Crippen LogP contribution is 2.53. The van der Waals surface area contributed by atoms with Crippen LogP contribution in [0.2, 0.25) is 0 Å².